The molecule has 4 nitrogen and oxygen atoms in total. The van der Waals surface area contributed by atoms with Gasteiger partial charge in [-0.1, -0.05) is 0 Å². The maximum absolute atomic E-state index is 12.4. The molecule has 4 heteroatoms. The highest BCUT2D eigenvalue weighted by Gasteiger charge is 2.29. The lowest BCUT2D eigenvalue weighted by Gasteiger charge is -2.34. The Labute approximate surface area is 114 Å². The normalized spacial score (nSPS) is 17.8. The molecule has 19 heavy (non-hydrogen) atoms. The van der Waals surface area contributed by atoms with Crippen molar-refractivity contribution in [2.24, 2.45) is 0 Å². The number of hydrogen-bond acceptors (Lipinski definition) is 3. The van der Waals surface area contributed by atoms with Crippen LogP contribution in [0.3, 0.4) is 0 Å². The summed E-state index contributed by atoms with van der Waals surface area (Å²) < 4.78 is 5.35. The van der Waals surface area contributed by atoms with Gasteiger partial charge >= 0.3 is 0 Å². The molecule has 1 saturated heterocycles. The molecule has 0 saturated carbocycles. The number of rotatable bonds is 3. The first kappa shape index (κ1) is 13.9. The van der Waals surface area contributed by atoms with Gasteiger partial charge in [0.1, 0.15) is 0 Å². The molecule has 1 amide bonds. The van der Waals surface area contributed by atoms with Crippen LogP contribution in [0, 0.1) is 6.92 Å². The zero-order valence-electron chi connectivity index (χ0n) is 11.9. The van der Waals surface area contributed by atoms with Crippen LogP contribution in [0.25, 0.3) is 0 Å². The summed E-state index contributed by atoms with van der Waals surface area (Å²) >= 11 is 0. The Hall–Kier alpha value is -1.55. The lowest BCUT2D eigenvalue weighted by Crippen LogP contribution is -2.49. The minimum Gasteiger partial charge on any atom is -0.388 e. The molecule has 0 aromatic heterocycles. The molecular formula is C15H22N2O2. The van der Waals surface area contributed by atoms with Crippen LogP contribution in [-0.2, 0) is 4.74 Å². The molecular weight excluding hydrogens is 240 g/mol. The minimum absolute atomic E-state index is 0.00422. The van der Waals surface area contributed by atoms with Crippen molar-refractivity contribution in [3.8, 4) is 0 Å². The van der Waals surface area contributed by atoms with Crippen molar-refractivity contribution in [3.05, 3.63) is 29.3 Å². The van der Waals surface area contributed by atoms with Crippen LogP contribution in [0.5, 0.6) is 0 Å². The van der Waals surface area contributed by atoms with Crippen LogP contribution >= 0.6 is 0 Å². The Morgan fingerprint density at radius 1 is 1.32 bits per heavy atom. The van der Waals surface area contributed by atoms with Gasteiger partial charge in [-0.3, -0.25) is 4.79 Å². The number of nitrogens with one attached hydrogen (secondary N) is 2. The van der Waals surface area contributed by atoms with E-state index in [2.05, 4.69) is 17.6 Å². The molecule has 1 fully saturated rings. The van der Waals surface area contributed by atoms with Gasteiger partial charge in [0.15, 0.2) is 0 Å². The largest absolute Gasteiger partial charge is 0.388 e. The predicted octanol–water partition coefficient (Wildman–Crippen LogP) is 2.34. The van der Waals surface area contributed by atoms with Crippen molar-refractivity contribution in [2.45, 2.75) is 32.2 Å². The maximum Gasteiger partial charge on any atom is 0.251 e. The van der Waals surface area contributed by atoms with Crippen molar-refractivity contribution in [1.82, 2.24) is 5.32 Å². The van der Waals surface area contributed by atoms with Gasteiger partial charge in [-0.2, -0.15) is 0 Å². The van der Waals surface area contributed by atoms with Crippen molar-refractivity contribution in [1.29, 1.82) is 0 Å². The maximum atomic E-state index is 12.4. The summed E-state index contributed by atoms with van der Waals surface area (Å²) in [5.41, 5.74) is 2.60. The molecule has 0 atom stereocenters. The lowest BCUT2D eigenvalue weighted by molar-refractivity contribution is 0.0422. The number of aryl methyl sites for hydroxylation is 1. The molecule has 2 rings (SSSR count). The number of carbonyl (C=O) groups is 1. The zero-order valence-corrected chi connectivity index (χ0v) is 11.9. The fourth-order valence-corrected chi connectivity index (χ4v) is 2.36. The summed E-state index contributed by atoms with van der Waals surface area (Å²) in [6, 6.07) is 5.79. The number of amides is 1. The van der Waals surface area contributed by atoms with E-state index < -0.39 is 0 Å². The highest BCUT2D eigenvalue weighted by atomic mass is 16.5. The molecule has 104 valence electrons. The van der Waals surface area contributed by atoms with Gasteiger partial charge in [-0.25, -0.2) is 0 Å². The van der Waals surface area contributed by atoms with Crippen LogP contribution in [0.1, 0.15) is 35.7 Å². The fraction of sp³-hybridized carbons (Fsp3) is 0.533. The van der Waals surface area contributed by atoms with E-state index in [1.54, 1.807) is 0 Å². The molecule has 1 aliphatic heterocycles. The molecule has 1 aromatic rings. The molecule has 1 heterocycles. The van der Waals surface area contributed by atoms with E-state index in [-0.39, 0.29) is 11.4 Å². The van der Waals surface area contributed by atoms with E-state index in [9.17, 15) is 4.79 Å². The Morgan fingerprint density at radius 3 is 2.58 bits per heavy atom. The smallest absolute Gasteiger partial charge is 0.251 e. The Bertz CT molecular complexity index is 465. The third-order valence-corrected chi connectivity index (χ3v) is 3.77. The van der Waals surface area contributed by atoms with E-state index >= 15 is 0 Å². The topological polar surface area (TPSA) is 50.4 Å². The van der Waals surface area contributed by atoms with E-state index in [1.807, 2.05) is 32.2 Å². The van der Waals surface area contributed by atoms with Crippen LogP contribution in [-0.4, -0.2) is 31.7 Å². The monoisotopic (exact) mass is 262 g/mol. The average molecular weight is 262 g/mol. The second-order valence-corrected chi connectivity index (χ2v) is 5.41. The molecule has 0 unspecified atom stereocenters. The fourth-order valence-electron chi connectivity index (χ4n) is 2.36. The van der Waals surface area contributed by atoms with E-state index in [0.29, 0.717) is 13.2 Å². The molecule has 2 N–H and O–H groups in total. The summed E-state index contributed by atoms with van der Waals surface area (Å²) in [6.07, 6.45) is 1.73. The van der Waals surface area contributed by atoms with Crippen molar-refractivity contribution < 1.29 is 9.53 Å². The van der Waals surface area contributed by atoms with E-state index in [1.165, 1.54) is 0 Å². The summed E-state index contributed by atoms with van der Waals surface area (Å²) in [5.74, 6) is 0.00422. The lowest BCUT2D eigenvalue weighted by atomic mass is 9.92. The number of anilines is 1. The number of ether oxygens (including phenoxy) is 1. The van der Waals surface area contributed by atoms with Crippen LogP contribution in [0.2, 0.25) is 0 Å². The van der Waals surface area contributed by atoms with Crippen LogP contribution in [0.4, 0.5) is 5.69 Å². The molecule has 1 aromatic carbocycles. The highest BCUT2D eigenvalue weighted by Crippen LogP contribution is 2.21. The first-order chi connectivity index (χ1) is 9.04. The first-order valence-corrected chi connectivity index (χ1v) is 6.73. The summed E-state index contributed by atoms with van der Waals surface area (Å²) in [6.45, 7) is 5.48. The van der Waals surface area contributed by atoms with Gasteiger partial charge in [0.2, 0.25) is 0 Å². The van der Waals surface area contributed by atoms with Gasteiger partial charge < -0.3 is 15.4 Å². The third-order valence-electron chi connectivity index (χ3n) is 3.77. The van der Waals surface area contributed by atoms with Gasteiger partial charge in [-0.15, -0.1) is 0 Å². The highest BCUT2D eigenvalue weighted by molar-refractivity contribution is 5.96. The summed E-state index contributed by atoms with van der Waals surface area (Å²) in [5, 5.41) is 6.23. The molecule has 0 aliphatic carbocycles. The second kappa shape index (κ2) is 5.61. The van der Waals surface area contributed by atoms with Crippen LogP contribution < -0.4 is 10.6 Å². The molecule has 1 aliphatic rings. The van der Waals surface area contributed by atoms with Gasteiger partial charge in [0.25, 0.3) is 5.91 Å². The minimum atomic E-state index is -0.149. The predicted molar refractivity (Wildman–Crippen MR) is 76.6 cm³/mol. The Balaban J connectivity index is 2.11. The summed E-state index contributed by atoms with van der Waals surface area (Å²) in [4.78, 5) is 12.4. The van der Waals surface area contributed by atoms with E-state index in [4.69, 9.17) is 4.74 Å². The Morgan fingerprint density at radius 2 is 2.00 bits per heavy atom. The molecule has 0 spiro atoms. The van der Waals surface area contributed by atoms with Gasteiger partial charge in [0, 0.05) is 37.1 Å². The third kappa shape index (κ3) is 3.26. The molecule has 0 radical (unpaired) electrons. The van der Waals surface area contributed by atoms with Crippen LogP contribution in [0.15, 0.2) is 18.2 Å². The number of carbonyl (C=O) groups excluding carboxylic acids is 1. The van der Waals surface area contributed by atoms with Gasteiger partial charge in [-0.05, 0) is 50.5 Å². The standard InChI is InChI=1S/C15H22N2O2/c1-11-10-12(16-3)4-5-13(11)14(18)17-15(2)6-8-19-9-7-15/h4-5,10,16H,6-9H2,1-3H3,(H,17,18). The quantitative estimate of drug-likeness (QED) is 0.879. The van der Waals surface area contributed by atoms with Crippen molar-refractivity contribution in [3.63, 3.8) is 0 Å². The van der Waals surface area contributed by atoms with E-state index in [0.717, 1.165) is 29.7 Å². The number of hydrogen-bond donors (Lipinski definition) is 2. The number of benzene rings is 1. The first-order valence-electron chi connectivity index (χ1n) is 6.73. The second-order valence-electron chi connectivity index (χ2n) is 5.41. The Kier molecular flexibility index (Phi) is 4.10. The van der Waals surface area contributed by atoms with Crippen molar-refractivity contribution in [2.75, 3.05) is 25.6 Å². The molecule has 0 bridgehead atoms. The average Bonchev–Trinajstić information content (AvgIpc) is 2.38. The SMILES string of the molecule is CNc1ccc(C(=O)NC2(C)CCOCC2)c(C)c1. The summed E-state index contributed by atoms with van der Waals surface area (Å²) in [7, 11) is 1.87. The van der Waals surface area contributed by atoms with Crippen molar-refractivity contribution >= 4 is 11.6 Å². The van der Waals surface area contributed by atoms with Gasteiger partial charge in [0.05, 0.1) is 0 Å². The zero-order chi connectivity index (χ0) is 13.9.